The molecule has 4 aliphatic carbocycles. The highest BCUT2D eigenvalue weighted by molar-refractivity contribution is 7.80. The third-order valence-electron chi connectivity index (χ3n) is 6.20. The number of hydrogen-bond acceptors (Lipinski definition) is 1. The second kappa shape index (κ2) is 5.94. The van der Waals surface area contributed by atoms with Crippen molar-refractivity contribution in [1.82, 2.24) is 5.32 Å². The fraction of sp³-hybridized carbons (Fsp3) is 0.550. The molecule has 0 amide bonds. The van der Waals surface area contributed by atoms with E-state index in [4.69, 9.17) is 12.2 Å². The first-order valence-electron chi connectivity index (χ1n) is 8.93. The molecule has 0 saturated heterocycles. The molecule has 2 N–H and O–H groups in total. The molecule has 0 aliphatic heterocycles. The summed E-state index contributed by atoms with van der Waals surface area (Å²) in [5, 5.41) is 7.02. The van der Waals surface area contributed by atoms with E-state index in [2.05, 4.69) is 41.5 Å². The molecule has 0 atom stereocenters. The molecule has 1 aromatic rings. The van der Waals surface area contributed by atoms with E-state index in [0.29, 0.717) is 17.1 Å². The van der Waals surface area contributed by atoms with E-state index in [1.807, 2.05) is 6.08 Å². The fourth-order valence-electron chi connectivity index (χ4n) is 5.71. The normalized spacial score (nSPS) is 34.2. The smallest absolute Gasteiger partial charge is 0.171 e. The highest BCUT2D eigenvalue weighted by atomic mass is 32.1. The largest absolute Gasteiger partial charge is 0.359 e. The highest BCUT2D eigenvalue weighted by Crippen LogP contribution is 2.60. The van der Waals surface area contributed by atoms with Gasteiger partial charge in [0.05, 0.1) is 0 Å². The number of benzene rings is 1. The summed E-state index contributed by atoms with van der Waals surface area (Å²) < 4.78 is 0. The lowest BCUT2D eigenvalue weighted by Gasteiger charge is -2.57. The van der Waals surface area contributed by atoms with Crippen LogP contribution in [0, 0.1) is 17.8 Å². The van der Waals surface area contributed by atoms with Crippen molar-refractivity contribution in [3.8, 4) is 0 Å². The van der Waals surface area contributed by atoms with E-state index >= 15 is 0 Å². The van der Waals surface area contributed by atoms with Gasteiger partial charge in [-0.15, -0.1) is 6.58 Å². The first-order valence-corrected chi connectivity index (χ1v) is 9.34. The van der Waals surface area contributed by atoms with Crippen LogP contribution in [0.25, 0.3) is 0 Å². The van der Waals surface area contributed by atoms with E-state index in [1.165, 1.54) is 38.5 Å². The van der Waals surface area contributed by atoms with Crippen LogP contribution >= 0.6 is 12.2 Å². The lowest BCUT2D eigenvalue weighted by molar-refractivity contribution is -0.00518. The maximum Gasteiger partial charge on any atom is 0.171 e. The minimum Gasteiger partial charge on any atom is -0.359 e. The van der Waals surface area contributed by atoms with Crippen molar-refractivity contribution in [2.24, 2.45) is 17.8 Å². The third kappa shape index (κ3) is 2.91. The summed E-state index contributed by atoms with van der Waals surface area (Å²) in [6.45, 7) is 4.38. The molecule has 0 radical (unpaired) electrons. The zero-order chi connectivity index (χ0) is 15.9. The van der Waals surface area contributed by atoms with Gasteiger partial charge in [-0.2, -0.15) is 0 Å². The van der Waals surface area contributed by atoms with Gasteiger partial charge >= 0.3 is 0 Å². The van der Waals surface area contributed by atoms with Gasteiger partial charge in [0, 0.05) is 12.2 Å². The van der Waals surface area contributed by atoms with Crippen LogP contribution in [0.1, 0.15) is 44.1 Å². The zero-order valence-electron chi connectivity index (χ0n) is 13.7. The maximum atomic E-state index is 5.28. The van der Waals surface area contributed by atoms with Crippen molar-refractivity contribution < 1.29 is 0 Å². The molecule has 1 aromatic carbocycles. The van der Waals surface area contributed by atoms with Gasteiger partial charge in [-0.1, -0.05) is 18.2 Å². The number of hydrogen-bond donors (Lipinski definition) is 2. The van der Waals surface area contributed by atoms with E-state index in [1.54, 1.807) is 5.56 Å². The monoisotopic (exact) mass is 326 g/mol. The molecule has 4 aliphatic rings. The Hall–Kier alpha value is -1.35. The maximum absolute atomic E-state index is 5.28. The summed E-state index contributed by atoms with van der Waals surface area (Å²) in [5.74, 6) is 2.99. The van der Waals surface area contributed by atoms with Crippen LogP contribution in [0.4, 0.5) is 5.69 Å². The Bertz CT molecular complexity index is 569. The van der Waals surface area contributed by atoms with Gasteiger partial charge < -0.3 is 10.6 Å². The molecule has 0 unspecified atom stereocenters. The Morgan fingerprint density at radius 3 is 2.17 bits per heavy atom. The first kappa shape index (κ1) is 15.2. The SMILES string of the molecule is C=CCNC(=S)Nc1ccc(C23CC4CC(CC(C4)C2)C3)cc1. The molecule has 3 heteroatoms. The van der Waals surface area contributed by atoms with Crippen molar-refractivity contribution in [1.29, 1.82) is 0 Å². The number of anilines is 1. The van der Waals surface area contributed by atoms with Gasteiger partial charge in [0.1, 0.15) is 0 Å². The molecule has 4 fully saturated rings. The Morgan fingerprint density at radius 1 is 1.09 bits per heavy atom. The Balaban J connectivity index is 1.48. The van der Waals surface area contributed by atoms with Crippen molar-refractivity contribution >= 4 is 23.0 Å². The minimum absolute atomic E-state index is 0.481. The van der Waals surface area contributed by atoms with Gasteiger partial charge in [0.15, 0.2) is 5.11 Å². The summed E-state index contributed by atoms with van der Waals surface area (Å²) in [5.41, 5.74) is 3.11. The van der Waals surface area contributed by atoms with E-state index in [-0.39, 0.29) is 0 Å². The average molecular weight is 327 g/mol. The molecule has 0 spiro atoms. The van der Waals surface area contributed by atoms with Crippen LogP contribution in [-0.4, -0.2) is 11.7 Å². The van der Waals surface area contributed by atoms with Crippen molar-refractivity contribution in [2.75, 3.05) is 11.9 Å². The standard InChI is InChI=1S/C20H26N2S/c1-2-7-21-19(23)22-18-5-3-17(4-6-18)20-11-14-8-15(12-20)10-16(9-14)13-20/h2-6,14-16H,1,7-13H2,(H2,21,22,23). The molecule has 5 rings (SSSR count). The zero-order valence-corrected chi connectivity index (χ0v) is 14.5. The van der Waals surface area contributed by atoms with Crippen LogP contribution in [0.5, 0.6) is 0 Å². The van der Waals surface area contributed by atoms with Gasteiger partial charge in [-0.25, -0.2) is 0 Å². The molecule has 23 heavy (non-hydrogen) atoms. The second-order valence-electron chi connectivity index (χ2n) is 7.90. The van der Waals surface area contributed by atoms with Crippen LogP contribution < -0.4 is 10.6 Å². The lowest BCUT2D eigenvalue weighted by Crippen LogP contribution is -2.48. The third-order valence-corrected chi connectivity index (χ3v) is 6.45. The number of thiocarbonyl (C=S) groups is 1. The number of rotatable bonds is 4. The average Bonchev–Trinajstić information content (AvgIpc) is 2.52. The molecule has 122 valence electrons. The van der Waals surface area contributed by atoms with Crippen molar-refractivity contribution in [3.05, 3.63) is 42.5 Å². The van der Waals surface area contributed by atoms with E-state index < -0.39 is 0 Å². The molecule has 4 saturated carbocycles. The van der Waals surface area contributed by atoms with Crippen molar-refractivity contribution in [3.63, 3.8) is 0 Å². The molecule has 0 aromatic heterocycles. The summed E-state index contributed by atoms with van der Waals surface area (Å²) in [6, 6.07) is 9.06. The fourth-order valence-corrected chi connectivity index (χ4v) is 5.91. The van der Waals surface area contributed by atoms with Crippen LogP contribution in [0.15, 0.2) is 36.9 Å². The van der Waals surface area contributed by atoms with E-state index in [9.17, 15) is 0 Å². The van der Waals surface area contributed by atoms with Crippen LogP contribution in [-0.2, 0) is 5.41 Å². The first-order chi connectivity index (χ1) is 11.2. The Kier molecular flexibility index (Phi) is 3.92. The van der Waals surface area contributed by atoms with Crippen LogP contribution in [0.3, 0.4) is 0 Å². The van der Waals surface area contributed by atoms with Crippen LogP contribution in [0.2, 0.25) is 0 Å². The van der Waals surface area contributed by atoms with Gasteiger partial charge in [-0.3, -0.25) is 0 Å². The lowest BCUT2D eigenvalue weighted by atomic mass is 9.48. The quantitative estimate of drug-likeness (QED) is 0.623. The second-order valence-corrected chi connectivity index (χ2v) is 8.31. The Labute approximate surface area is 144 Å². The van der Waals surface area contributed by atoms with Gasteiger partial charge in [-0.05, 0) is 91.6 Å². The summed E-state index contributed by atoms with van der Waals surface area (Å²) in [7, 11) is 0. The molecule has 2 nitrogen and oxygen atoms in total. The number of nitrogens with one attached hydrogen (secondary N) is 2. The van der Waals surface area contributed by atoms with Gasteiger partial charge in [0.25, 0.3) is 0 Å². The topological polar surface area (TPSA) is 24.1 Å². The van der Waals surface area contributed by atoms with Crippen molar-refractivity contribution in [2.45, 2.75) is 43.9 Å². The minimum atomic E-state index is 0.481. The molecule has 4 bridgehead atoms. The molecular weight excluding hydrogens is 300 g/mol. The highest BCUT2D eigenvalue weighted by Gasteiger charge is 2.51. The molecule has 0 heterocycles. The summed E-state index contributed by atoms with van der Waals surface area (Å²) in [6.07, 6.45) is 10.6. The Morgan fingerprint density at radius 2 is 1.65 bits per heavy atom. The molecular formula is C20H26N2S. The predicted octanol–water partition coefficient (Wildman–Crippen LogP) is 4.63. The summed E-state index contributed by atoms with van der Waals surface area (Å²) in [4.78, 5) is 0. The predicted molar refractivity (Wildman–Crippen MR) is 101 cm³/mol. The van der Waals surface area contributed by atoms with Gasteiger partial charge in [0.2, 0.25) is 0 Å². The van der Waals surface area contributed by atoms with E-state index in [0.717, 1.165) is 23.4 Å². The summed E-state index contributed by atoms with van der Waals surface area (Å²) >= 11 is 5.28.